The van der Waals surface area contributed by atoms with E-state index in [0.717, 1.165) is 51.6 Å². The second kappa shape index (κ2) is 9.42. The van der Waals surface area contributed by atoms with E-state index in [2.05, 4.69) is 4.90 Å². The molecule has 0 unspecified atom stereocenters. The summed E-state index contributed by atoms with van der Waals surface area (Å²) in [6.45, 7) is 5.77. The Labute approximate surface area is 129 Å². The van der Waals surface area contributed by atoms with Gasteiger partial charge in [-0.25, -0.2) is 0 Å². The van der Waals surface area contributed by atoms with Crippen LogP contribution >= 0.6 is 0 Å². The summed E-state index contributed by atoms with van der Waals surface area (Å²) in [5.74, 6) is 0.967. The zero-order chi connectivity index (χ0) is 14.9. The minimum absolute atomic E-state index is 0.287. The molecular formula is C17H32N2O2. The van der Waals surface area contributed by atoms with Gasteiger partial charge in [0.25, 0.3) is 0 Å². The Morgan fingerprint density at radius 2 is 1.71 bits per heavy atom. The van der Waals surface area contributed by atoms with Gasteiger partial charge in [0.05, 0.1) is 0 Å². The van der Waals surface area contributed by atoms with E-state index in [-0.39, 0.29) is 6.61 Å². The summed E-state index contributed by atoms with van der Waals surface area (Å²) >= 11 is 0. The average Bonchev–Trinajstić information content (AvgIpc) is 2.53. The second-order valence-corrected chi connectivity index (χ2v) is 6.70. The van der Waals surface area contributed by atoms with Crippen molar-refractivity contribution in [1.82, 2.24) is 9.80 Å². The third kappa shape index (κ3) is 5.95. The van der Waals surface area contributed by atoms with Crippen LogP contribution in [0, 0.1) is 5.92 Å². The van der Waals surface area contributed by atoms with Gasteiger partial charge in [0, 0.05) is 26.1 Å². The molecule has 2 aliphatic rings. The summed E-state index contributed by atoms with van der Waals surface area (Å²) < 4.78 is 0. The van der Waals surface area contributed by atoms with Gasteiger partial charge in [0.2, 0.25) is 5.91 Å². The smallest absolute Gasteiger partial charge is 0.222 e. The molecule has 2 rings (SSSR count). The number of hydrogen-bond acceptors (Lipinski definition) is 3. The van der Waals surface area contributed by atoms with Gasteiger partial charge < -0.3 is 14.9 Å². The van der Waals surface area contributed by atoms with E-state index in [0.29, 0.717) is 11.8 Å². The highest BCUT2D eigenvalue weighted by molar-refractivity contribution is 5.76. The number of rotatable bonds is 7. The van der Waals surface area contributed by atoms with Crippen LogP contribution in [0.5, 0.6) is 0 Å². The third-order valence-electron chi connectivity index (χ3n) is 5.07. The highest BCUT2D eigenvalue weighted by Gasteiger charge is 2.22. The molecule has 2 aliphatic heterocycles. The summed E-state index contributed by atoms with van der Waals surface area (Å²) in [6.07, 6.45) is 10.0. The number of carbonyl (C=O) groups excluding carboxylic acids is 1. The number of aliphatic hydroxyl groups is 1. The number of piperidine rings is 2. The summed E-state index contributed by atoms with van der Waals surface area (Å²) in [5.41, 5.74) is 0. The Kier molecular flexibility index (Phi) is 7.51. The molecule has 122 valence electrons. The van der Waals surface area contributed by atoms with Crippen molar-refractivity contribution in [2.24, 2.45) is 5.92 Å². The molecule has 4 heteroatoms. The van der Waals surface area contributed by atoms with E-state index in [9.17, 15) is 4.79 Å². The summed E-state index contributed by atoms with van der Waals surface area (Å²) in [6, 6.07) is 0. The molecule has 1 N–H and O–H groups in total. The van der Waals surface area contributed by atoms with Gasteiger partial charge in [0.1, 0.15) is 0 Å². The first-order valence-corrected chi connectivity index (χ1v) is 8.90. The zero-order valence-electron chi connectivity index (χ0n) is 13.4. The first-order chi connectivity index (χ1) is 10.3. The minimum atomic E-state index is 0.287. The topological polar surface area (TPSA) is 43.8 Å². The quantitative estimate of drug-likeness (QED) is 0.733. The van der Waals surface area contributed by atoms with Gasteiger partial charge in [-0.1, -0.05) is 6.42 Å². The van der Waals surface area contributed by atoms with Gasteiger partial charge in [-0.15, -0.1) is 0 Å². The maximum Gasteiger partial charge on any atom is 0.222 e. The van der Waals surface area contributed by atoms with Crippen molar-refractivity contribution in [2.75, 3.05) is 39.3 Å². The third-order valence-corrected chi connectivity index (χ3v) is 5.07. The molecule has 0 aromatic carbocycles. The van der Waals surface area contributed by atoms with Gasteiger partial charge in [-0.3, -0.25) is 4.79 Å². The molecule has 0 aromatic heterocycles. The summed E-state index contributed by atoms with van der Waals surface area (Å²) in [4.78, 5) is 16.8. The van der Waals surface area contributed by atoms with Crippen LogP contribution < -0.4 is 0 Å². The normalized spacial score (nSPS) is 21.7. The SMILES string of the molecule is O=C(CCCCN1CCCCC1)N1CCC(CCO)CC1. The Hall–Kier alpha value is -0.610. The fourth-order valence-corrected chi connectivity index (χ4v) is 3.61. The Morgan fingerprint density at radius 1 is 1.00 bits per heavy atom. The van der Waals surface area contributed by atoms with Crippen LogP contribution in [0.1, 0.15) is 57.8 Å². The lowest BCUT2D eigenvalue weighted by atomic mass is 9.94. The fraction of sp³-hybridized carbons (Fsp3) is 0.941. The monoisotopic (exact) mass is 296 g/mol. The van der Waals surface area contributed by atoms with Crippen LogP contribution in [0.3, 0.4) is 0 Å². The van der Waals surface area contributed by atoms with E-state index in [1.54, 1.807) is 0 Å². The van der Waals surface area contributed by atoms with E-state index >= 15 is 0 Å². The van der Waals surface area contributed by atoms with Crippen molar-refractivity contribution in [1.29, 1.82) is 0 Å². The van der Waals surface area contributed by atoms with Gasteiger partial charge in [0.15, 0.2) is 0 Å². The Bertz CT molecular complexity index is 295. The van der Waals surface area contributed by atoms with E-state index in [1.807, 2.05) is 4.90 Å². The van der Waals surface area contributed by atoms with Crippen molar-refractivity contribution in [3.8, 4) is 0 Å². The zero-order valence-corrected chi connectivity index (χ0v) is 13.4. The molecule has 1 amide bonds. The molecule has 0 aliphatic carbocycles. The Morgan fingerprint density at radius 3 is 2.38 bits per heavy atom. The molecule has 2 fully saturated rings. The van der Waals surface area contributed by atoms with E-state index < -0.39 is 0 Å². The number of hydrogen-bond donors (Lipinski definition) is 1. The maximum atomic E-state index is 12.2. The van der Waals surface area contributed by atoms with Gasteiger partial charge in [-0.05, 0) is 70.5 Å². The molecule has 2 saturated heterocycles. The van der Waals surface area contributed by atoms with Crippen molar-refractivity contribution in [2.45, 2.75) is 57.8 Å². The minimum Gasteiger partial charge on any atom is -0.396 e. The molecule has 0 bridgehead atoms. The first kappa shape index (κ1) is 16.8. The number of unbranched alkanes of at least 4 members (excludes halogenated alkanes) is 1. The largest absolute Gasteiger partial charge is 0.396 e. The molecule has 21 heavy (non-hydrogen) atoms. The fourth-order valence-electron chi connectivity index (χ4n) is 3.61. The predicted molar refractivity (Wildman–Crippen MR) is 85.1 cm³/mol. The molecule has 0 atom stereocenters. The Balaban J connectivity index is 1.53. The molecular weight excluding hydrogens is 264 g/mol. The van der Waals surface area contributed by atoms with E-state index in [1.165, 1.54) is 38.9 Å². The number of likely N-dealkylation sites (tertiary alicyclic amines) is 2. The van der Waals surface area contributed by atoms with E-state index in [4.69, 9.17) is 5.11 Å². The predicted octanol–water partition coefficient (Wildman–Crippen LogP) is 2.26. The molecule has 0 spiro atoms. The van der Waals surface area contributed by atoms with Crippen molar-refractivity contribution in [3.63, 3.8) is 0 Å². The average molecular weight is 296 g/mol. The van der Waals surface area contributed by atoms with Crippen LogP contribution in [-0.2, 0) is 4.79 Å². The highest BCUT2D eigenvalue weighted by atomic mass is 16.3. The second-order valence-electron chi connectivity index (χ2n) is 6.70. The van der Waals surface area contributed by atoms with Gasteiger partial charge in [-0.2, -0.15) is 0 Å². The highest BCUT2D eigenvalue weighted by Crippen LogP contribution is 2.21. The summed E-state index contributed by atoms with van der Waals surface area (Å²) in [5, 5.41) is 8.96. The lowest BCUT2D eigenvalue weighted by Gasteiger charge is -2.32. The molecule has 2 heterocycles. The van der Waals surface area contributed by atoms with Crippen molar-refractivity contribution < 1.29 is 9.90 Å². The number of amides is 1. The van der Waals surface area contributed by atoms with Crippen LogP contribution in [0.15, 0.2) is 0 Å². The summed E-state index contributed by atoms with van der Waals surface area (Å²) in [7, 11) is 0. The van der Waals surface area contributed by atoms with Gasteiger partial charge >= 0.3 is 0 Å². The maximum absolute atomic E-state index is 12.2. The number of carbonyl (C=O) groups is 1. The molecule has 0 saturated carbocycles. The molecule has 0 aromatic rings. The first-order valence-electron chi connectivity index (χ1n) is 8.90. The standard InChI is InChI=1S/C17H32N2O2/c20-15-9-16-7-13-19(14-8-16)17(21)6-2-5-12-18-10-3-1-4-11-18/h16,20H,1-15H2. The molecule has 0 radical (unpaired) electrons. The van der Waals surface area contributed by atoms with Crippen LogP contribution in [0.25, 0.3) is 0 Å². The van der Waals surface area contributed by atoms with Crippen molar-refractivity contribution in [3.05, 3.63) is 0 Å². The lowest BCUT2D eigenvalue weighted by Crippen LogP contribution is -2.38. The van der Waals surface area contributed by atoms with Crippen LogP contribution in [0.2, 0.25) is 0 Å². The van der Waals surface area contributed by atoms with Crippen LogP contribution in [-0.4, -0.2) is 60.1 Å². The molecule has 4 nitrogen and oxygen atoms in total. The van der Waals surface area contributed by atoms with Crippen LogP contribution in [0.4, 0.5) is 0 Å². The lowest BCUT2D eigenvalue weighted by molar-refractivity contribution is -0.132. The number of aliphatic hydroxyl groups excluding tert-OH is 1. The van der Waals surface area contributed by atoms with Crippen molar-refractivity contribution >= 4 is 5.91 Å². The number of nitrogens with zero attached hydrogens (tertiary/aromatic N) is 2.